The van der Waals surface area contributed by atoms with Gasteiger partial charge in [0.1, 0.15) is 5.69 Å². The van der Waals surface area contributed by atoms with Crippen LogP contribution in [0.5, 0.6) is 0 Å². The molecule has 6 nitrogen and oxygen atoms in total. The Morgan fingerprint density at radius 1 is 1.18 bits per heavy atom. The standard InChI is InChI=1S/C20H16N4O2S2/c25-18(16-6-3-9-27-16)23-20-22-14-7-8-24(11-17(14)28-20)19(26)15-10-12-4-1-2-5-13(12)21-15/h1-6,9-10,21H,7-8,11H2,(H,22,23,25). The van der Waals surface area contributed by atoms with Crippen LogP contribution >= 0.6 is 22.7 Å². The van der Waals surface area contributed by atoms with Crippen LogP contribution < -0.4 is 5.32 Å². The molecule has 2 N–H and O–H groups in total. The number of hydrogen-bond acceptors (Lipinski definition) is 5. The van der Waals surface area contributed by atoms with Gasteiger partial charge in [-0.2, -0.15) is 0 Å². The van der Waals surface area contributed by atoms with E-state index in [1.807, 2.05) is 46.7 Å². The molecule has 1 aliphatic rings. The average Bonchev–Trinajstić information content (AvgIpc) is 3.44. The van der Waals surface area contributed by atoms with Crippen molar-refractivity contribution in [2.75, 3.05) is 11.9 Å². The minimum atomic E-state index is -0.146. The number of H-pyrrole nitrogens is 1. The van der Waals surface area contributed by atoms with Crippen molar-refractivity contribution in [1.29, 1.82) is 0 Å². The van der Waals surface area contributed by atoms with Crippen LogP contribution in [0, 0.1) is 0 Å². The Kier molecular flexibility index (Phi) is 4.22. The number of aromatic amines is 1. The summed E-state index contributed by atoms with van der Waals surface area (Å²) in [6.07, 6.45) is 0.687. The lowest BCUT2D eigenvalue weighted by Crippen LogP contribution is -2.35. The number of hydrogen-bond donors (Lipinski definition) is 2. The molecular formula is C20H16N4O2S2. The third-order valence-electron chi connectivity index (χ3n) is 4.74. The number of para-hydroxylation sites is 1. The maximum atomic E-state index is 12.9. The minimum absolute atomic E-state index is 0.0144. The van der Waals surface area contributed by atoms with E-state index in [0.29, 0.717) is 35.2 Å². The lowest BCUT2D eigenvalue weighted by molar-refractivity contribution is 0.0731. The molecule has 0 radical (unpaired) electrons. The maximum absolute atomic E-state index is 12.9. The lowest BCUT2D eigenvalue weighted by atomic mass is 10.1. The Morgan fingerprint density at radius 3 is 2.89 bits per heavy atom. The molecule has 1 aliphatic heterocycles. The largest absolute Gasteiger partial charge is 0.351 e. The van der Waals surface area contributed by atoms with Crippen LogP contribution in [-0.4, -0.2) is 33.2 Å². The number of aromatic nitrogens is 2. The predicted octanol–water partition coefficient (Wildman–Crippen LogP) is 4.14. The minimum Gasteiger partial charge on any atom is -0.351 e. The summed E-state index contributed by atoms with van der Waals surface area (Å²) in [5.41, 5.74) is 2.52. The van der Waals surface area contributed by atoms with Crippen molar-refractivity contribution in [1.82, 2.24) is 14.9 Å². The highest BCUT2D eigenvalue weighted by Gasteiger charge is 2.26. The third-order valence-corrected chi connectivity index (χ3v) is 6.61. The molecular weight excluding hydrogens is 392 g/mol. The number of thiophene rings is 1. The summed E-state index contributed by atoms with van der Waals surface area (Å²) in [5.74, 6) is -0.161. The predicted molar refractivity (Wildman–Crippen MR) is 111 cm³/mol. The van der Waals surface area contributed by atoms with Gasteiger partial charge in [-0.1, -0.05) is 35.6 Å². The molecule has 0 bridgehead atoms. The van der Waals surface area contributed by atoms with Crippen LogP contribution in [-0.2, 0) is 13.0 Å². The zero-order valence-electron chi connectivity index (χ0n) is 14.8. The molecule has 4 aromatic rings. The van der Waals surface area contributed by atoms with E-state index in [9.17, 15) is 9.59 Å². The average molecular weight is 409 g/mol. The molecule has 0 unspecified atom stereocenters. The highest BCUT2D eigenvalue weighted by atomic mass is 32.1. The molecule has 28 heavy (non-hydrogen) atoms. The van der Waals surface area contributed by atoms with Crippen LogP contribution in [0.3, 0.4) is 0 Å². The number of nitrogens with one attached hydrogen (secondary N) is 2. The van der Waals surface area contributed by atoms with Crippen molar-refractivity contribution < 1.29 is 9.59 Å². The smallest absolute Gasteiger partial charge is 0.270 e. The molecule has 2 amide bonds. The van der Waals surface area contributed by atoms with Gasteiger partial charge in [-0.15, -0.1) is 11.3 Å². The maximum Gasteiger partial charge on any atom is 0.270 e. The molecule has 0 saturated carbocycles. The molecule has 5 rings (SSSR count). The Labute approximate surface area is 168 Å². The summed E-state index contributed by atoms with van der Waals surface area (Å²) in [7, 11) is 0. The van der Waals surface area contributed by atoms with Gasteiger partial charge in [0.2, 0.25) is 0 Å². The zero-order valence-corrected chi connectivity index (χ0v) is 16.4. The topological polar surface area (TPSA) is 78.1 Å². The Bertz CT molecular complexity index is 1140. The summed E-state index contributed by atoms with van der Waals surface area (Å²) in [5, 5.41) is 6.35. The third kappa shape index (κ3) is 3.10. The molecule has 3 aromatic heterocycles. The van der Waals surface area contributed by atoms with E-state index in [-0.39, 0.29) is 11.8 Å². The van der Waals surface area contributed by atoms with E-state index in [1.165, 1.54) is 22.7 Å². The van der Waals surface area contributed by atoms with Crippen molar-refractivity contribution in [2.45, 2.75) is 13.0 Å². The number of anilines is 1. The number of rotatable bonds is 3. The van der Waals surface area contributed by atoms with E-state index in [0.717, 1.165) is 21.5 Å². The summed E-state index contributed by atoms with van der Waals surface area (Å²) in [6, 6.07) is 13.4. The number of carbonyl (C=O) groups excluding carboxylic acids is 2. The molecule has 0 aliphatic carbocycles. The first-order valence-corrected chi connectivity index (χ1v) is 10.6. The van der Waals surface area contributed by atoms with E-state index >= 15 is 0 Å². The quantitative estimate of drug-likeness (QED) is 0.535. The summed E-state index contributed by atoms with van der Waals surface area (Å²) >= 11 is 2.84. The Balaban J connectivity index is 1.33. The first-order valence-electron chi connectivity index (χ1n) is 8.88. The van der Waals surface area contributed by atoms with Gasteiger partial charge in [0.05, 0.1) is 17.1 Å². The summed E-state index contributed by atoms with van der Waals surface area (Å²) in [6.45, 7) is 1.12. The van der Waals surface area contributed by atoms with E-state index in [1.54, 1.807) is 6.07 Å². The van der Waals surface area contributed by atoms with Crippen molar-refractivity contribution in [3.63, 3.8) is 0 Å². The van der Waals surface area contributed by atoms with E-state index < -0.39 is 0 Å². The molecule has 0 saturated heterocycles. The second kappa shape index (κ2) is 6.88. The second-order valence-corrected chi connectivity index (χ2v) is 8.60. The first kappa shape index (κ1) is 17.2. The highest BCUT2D eigenvalue weighted by Crippen LogP contribution is 2.30. The Morgan fingerprint density at radius 2 is 2.07 bits per heavy atom. The van der Waals surface area contributed by atoms with Gasteiger partial charge in [-0.3, -0.25) is 14.9 Å². The number of amides is 2. The molecule has 140 valence electrons. The van der Waals surface area contributed by atoms with Gasteiger partial charge in [0.15, 0.2) is 5.13 Å². The monoisotopic (exact) mass is 408 g/mol. The number of thiazole rings is 1. The van der Waals surface area contributed by atoms with Gasteiger partial charge in [0.25, 0.3) is 11.8 Å². The molecule has 4 heterocycles. The molecule has 1 aromatic carbocycles. The zero-order chi connectivity index (χ0) is 19.1. The van der Waals surface area contributed by atoms with Gasteiger partial charge >= 0.3 is 0 Å². The molecule has 0 spiro atoms. The fraction of sp³-hybridized carbons (Fsp3) is 0.150. The number of benzene rings is 1. The Hall–Kier alpha value is -2.97. The first-order chi connectivity index (χ1) is 13.7. The van der Waals surface area contributed by atoms with Crippen LogP contribution in [0.1, 0.15) is 30.7 Å². The fourth-order valence-electron chi connectivity index (χ4n) is 3.35. The second-order valence-electron chi connectivity index (χ2n) is 6.57. The van der Waals surface area contributed by atoms with Crippen molar-refractivity contribution >= 4 is 50.5 Å². The van der Waals surface area contributed by atoms with Crippen LogP contribution in [0.2, 0.25) is 0 Å². The number of fused-ring (bicyclic) bond motifs is 2. The highest BCUT2D eigenvalue weighted by molar-refractivity contribution is 7.16. The van der Waals surface area contributed by atoms with Gasteiger partial charge < -0.3 is 9.88 Å². The molecule has 0 fully saturated rings. The van der Waals surface area contributed by atoms with Gasteiger partial charge in [0, 0.05) is 28.7 Å². The van der Waals surface area contributed by atoms with Crippen molar-refractivity contribution in [3.05, 3.63) is 69.0 Å². The van der Waals surface area contributed by atoms with Crippen molar-refractivity contribution in [2.24, 2.45) is 0 Å². The number of carbonyl (C=O) groups is 2. The molecule has 8 heteroatoms. The molecule has 0 atom stereocenters. The fourth-order valence-corrected chi connectivity index (χ4v) is 4.99. The normalized spacial score (nSPS) is 13.5. The summed E-state index contributed by atoms with van der Waals surface area (Å²) < 4.78 is 0. The van der Waals surface area contributed by atoms with Crippen LogP contribution in [0.4, 0.5) is 5.13 Å². The van der Waals surface area contributed by atoms with Gasteiger partial charge in [-0.25, -0.2) is 4.98 Å². The van der Waals surface area contributed by atoms with Crippen molar-refractivity contribution in [3.8, 4) is 0 Å². The van der Waals surface area contributed by atoms with E-state index in [4.69, 9.17) is 0 Å². The van der Waals surface area contributed by atoms with E-state index in [2.05, 4.69) is 15.3 Å². The number of nitrogens with zero attached hydrogens (tertiary/aromatic N) is 2. The van der Waals surface area contributed by atoms with Crippen LogP contribution in [0.25, 0.3) is 10.9 Å². The van der Waals surface area contributed by atoms with Gasteiger partial charge in [-0.05, 0) is 23.6 Å². The summed E-state index contributed by atoms with van der Waals surface area (Å²) in [4.78, 5) is 36.4. The SMILES string of the molecule is O=C(Nc1nc2c(s1)CN(C(=O)c1cc3ccccc3[nH]1)CC2)c1cccs1. The van der Waals surface area contributed by atoms with Crippen LogP contribution in [0.15, 0.2) is 47.8 Å². The lowest BCUT2D eigenvalue weighted by Gasteiger charge is -2.25.